The van der Waals surface area contributed by atoms with Crippen molar-refractivity contribution in [1.82, 2.24) is 9.55 Å². The van der Waals surface area contributed by atoms with Crippen molar-refractivity contribution in [2.75, 3.05) is 0 Å². The molecule has 2 aromatic rings. The molecule has 0 saturated carbocycles. The molecule has 2 heterocycles. The van der Waals surface area contributed by atoms with E-state index in [2.05, 4.69) is 9.55 Å². The van der Waals surface area contributed by atoms with Crippen LogP contribution in [-0.4, -0.2) is 15.6 Å². The first kappa shape index (κ1) is 11.4. The molecular weight excluding hydrogens is 229 g/mol. The maximum Gasteiger partial charge on any atom is 0.143 e. The third-order valence-corrected chi connectivity index (χ3v) is 3.57. The fraction of sp³-hybridized carbons (Fsp3) is 0.357. The van der Waals surface area contributed by atoms with Gasteiger partial charge in [-0.05, 0) is 25.5 Å². The molecule has 0 aliphatic carbocycles. The van der Waals surface area contributed by atoms with Crippen LogP contribution in [0.4, 0.5) is 4.39 Å². The van der Waals surface area contributed by atoms with E-state index >= 15 is 0 Å². The topological polar surface area (TPSA) is 43.8 Å². The van der Waals surface area contributed by atoms with Crippen LogP contribution < -0.4 is 5.73 Å². The number of halogens is 1. The maximum absolute atomic E-state index is 13.9. The molecule has 94 valence electrons. The summed E-state index contributed by atoms with van der Waals surface area (Å²) in [6.45, 7) is 2.79. The Labute approximate surface area is 105 Å². The lowest BCUT2D eigenvalue weighted by Crippen LogP contribution is -2.31. The van der Waals surface area contributed by atoms with Crippen molar-refractivity contribution < 1.29 is 4.39 Å². The molecule has 1 aliphatic heterocycles. The quantitative estimate of drug-likeness (QED) is 0.837. The van der Waals surface area contributed by atoms with Gasteiger partial charge in [0, 0.05) is 24.7 Å². The highest BCUT2D eigenvalue weighted by Crippen LogP contribution is 2.28. The summed E-state index contributed by atoms with van der Waals surface area (Å²) in [5.74, 6) is 0.507. The first-order chi connectivity index (χ1) is 8.66. The van der Waals surface area contributed by atoms with Crippen LogP contribution in [0.3, 0.4) is 0 Å². The van der Waals surface area contributed by atoms with Gasteiger partial charge < -0.3 is 10.3 Å². The summed E-state index contributed by atoms with van der Waals surface area (Å²) in [6.07, 6.45) is 1.75. The monoisotopic (exact) mass is 245 g/mol. The molecule has 0 bridgehead atoms. The molecule has 1 aromatic carbocycles. The molecule has 4 heteroatoms. The van der Waals surface area contributed by atoms with Gasteiger partial charge >= 0.3 is 0 Å². The van der Waals surface area contributed by atoms with E-state index in [1.807, 2.05) is 13.0 Å². The van der Waals surface area contributed by atoms with Crippen molar-refractivity contribution in [2.45, 2.75) is 32.4 Å². The summed E-state index contributed by atoms with van der Waals surface area (Å²) in [5, 5.41) is 0. The van der Waals surface area contributed by atoms with E-state index in [0.29, 0.717) is 5.56 Å². The molecule has 2 N–H and O–H groups in total. The molecule has 0 radical (unpaired) electrons. The zero-order chi connectivity index (χ0) is 12.7. The Hall–Kier alpha value is -1.68. The van der Waals surface area contributed by atoms with Gasteiger partial charge in [-0.15, -0.1) is 0 Å². The van der Waals surface area contributed by atoms with Crippen molar-refractivity contribution >= 4 is 0 Å². The lowest BCUT2D eigenvalue weighted by molar-refractivity contribution is 0.472. The summed E-state index contributed by atoms with van der Waals surface area (Å²) >= 11 is 0. The zero-order valence-electron chi connectivity index (χ0n) is 10.4. The van der Waals surface area contributed by atoms with Gasteiger partial charge in [-0.3, -0.25) is 0 Å². The molecule has 1 aliphatic rings. The smallest absolute Gasteiger partial charge is 0.143 e. The molecule has 3 nitrogen and oxygen atoms in total. The predicted molar refractivity (Wildman–Crippen MR) is 68.7 cm³/mol. The van der Waals surface area contributed by atoms with E-state index in [0.717, 1.165) is 36.6 Å². The number of aromatic nitrogens is 2. The predicted octanol–water partition coefficient (Wildman–Crippen LogP) is 2.27. The summed E-state index contributed by atoms with van der Waals surface area (Å²) in [4.78, 5) is 4.53. The van der Waals surface area contributed by atoms with Gasteiger partial charge in [0.1, 0.15) is 11.6 Å². The van der Waals surface area contributed by atoms with Crippen LogP contribution in [0.2, 0.25) is 0 Å². The molecule has 1 atom stereocenters. The van der Waals surface area contributed by atoms with Gasteiger partial charge in [0.05, 0.1) is 11.3 Å². The third kappa shape index (κ3) is 1.73. The van der Waals surface area contributed by atoms with E-state index in [9.17, 15) is 4.39 Å². The average Bonchev–Trinajstić information content (AvgIpc) is 2.67. The first-order valence-electron chi connectivity index (χ1n) is 6.23. The van der Waals surface area contributed by atoms with Gasteiger partial charge in [-0.1, -0.05) is 12.1 Å². The standard InChI is InChI=1S/C14H16FN3/c1-9-13-8-10(16)6-7-18(13)14(17-9)11-4-2-3-5-12(11)15/h2-5,10H,6-8,16H2,1H3. The zero-order valence-corrected chi connectivity index (χ0v) is 10.4. The van der Waals surface area contributed by atoms with Crippen molar-refractivity contribution in [2.24, 2.45) is 5.73 Å². The van der Waals surface area contributed by atoms with Crippen molar-refractivity contribution in [3.05, 3.63) is 41.5 Å². The van der Waals surface area contributed by atoms with Gasteiger partial charge in [0.25, 0.3) is 0 Å². The third-order valence-electron chi connectivity index (χ3n) is 3.57. The molecule has 3 rings (SSSR count). The Bertz CT molecular complexity index is 589. The summed E-state index contributed by atoms with van der Waals surface area (Å²) < 4.78 is 16.0. The second-order valence-electron chi connectivity index (χ2n) is 4.85. The van der Waals surface area contributed by atoms with Crippen molar-refractivity contribution in [3.8, 4) is 11.4 Å². The largest absolute Gasteiger partial charge is 0.328 e. The minimum absolute atomic E-state index is 0.196. The molecule has 1 aromatic heterocycles. The fourth-order valence-electron chi connectivity index (χ4n) is 2.60. The maximum atomic E-state index is 13.9. The molecule has 0 saturated heterocycles. The molecule has 18 heavy (non-hydrogen) atoms. The Balaban J connectivity index is 2.15. The number of rotatable bonds is 1. The highest BCUT2D eigenvalue weighted by atomic mass is 19.1. The van der Waals surface area contributed by atoms with E-state index in [1.165, 1.54) is 6.07 Å². The SMILES string of the molecule is Cc1nc(-c2ccccc2F)n2c1CC(N)CC2. The number of hydrogen-bond acceptors (Lipinski definition) is 2. The van der Waals surface area contributed by atoms with Gasteiger partial charge in [0.2, 0.25) is 0 Å². The number of imidazole rings is 1. The normalized spacial score (nSPS) is 18.7. The van der Waals surface area contributed by atoms with E-state index in [4.69, 9.17) is 5.73 Å². The molecule has 0 fully saturated rings. The molecule has 0 spiro atoms. The van der Waals surface area contributed by atoms with Crippen molar-refractivity contribution in [3.63, 3.8) is 0 Å². The Morgan fingerprint density at radius 3 is 2.94 bits per heavy atom. The lowest BCUT2D eigenvalue weighted by Gasteiger charge is -2.22. The number of benzene rings is 1. The minimum atomic E-state index is -0.222. The van der Waals surface area contributed by atoms with Crippen LogP contribution >= 0.6 is 0 Å². The van der Waals surface area contributed by atoms with Gasteiger partial charge in [-0.2, -0.15) is 0 Å². The summed E-state index contributed by atoms with van der Waals surface area (Å²) in [6, 6.07) is 6.98. The fourth-order valence-corrected chi connectivity index (χ4v) is 2.60. The van der Waals surface area contributed by atoms with Crippen LogP contribution in [0.1, 0.15) is 17.8 Å². The number of fused-ring (bicyclic) bond motifs is 1. The molecule has 1 unspecified atom stereocenters. The number of hydrogen-bond donors (Lipinski definition) is 1. The first-order valence-corrected chi connectivity index (χ1v) is 6.23. The van der Waals surface area contributed by atoms with Crippen LogP contribution in [0.25, 0.3) is 11.4 Å². The number of nitrogens with zero attached hydrogens (tertiary/aromatic N) is 2. The Kier molecular flexibility index (Phi) is 2.67. The molecule has 0 amide bonds. The molecular formula is C14H16FN3. The van der Waals surface area contributed by atoms with Crippen molar-refractivity contribution in [1.29, 1.82) is 0 Å². The van der Waals surface area contributed by atoms with Crippen LogP contribution in [0.15, 0.2) is 24.3 Å². The average molecular weight is 245 g/mol. The second kappa shape index (κ2) is 4.21. The van der Waals surface area contributed by atoms with E-state index < -0.39 is 0 Å². The lowest BCUT2D eigenvalue weighted by atomic mass is 10.0. The highest BCUT2D eigenvalue weighted by molar-refractivity contribution is 5.58. The van der Waals surface area contributed by atoms with Gasteiger partial charge in [-0.25, -0.2) is 9.37 Å². The minimum Gasteiger partial charge on any atom is -0.328 e. The summed E-state index contributed by atoms with van der Waals surface area (Å²) in [5.41, 5.74) is 8.66. The number of nitrogens with two attached hydrogens (primary N) is 1. The van der Waals surface area contributed by atoms with Crippen LogP contribution in [0, 0.1) is 12.7 Å². The Morgan fingerprint density at radius 2 is 2.17 bits per heavy atom. The van der Waals surface area contributed by atoms with E-state index in [1.54, 1.807) is 12.1 Å². The second-order valence-corrected chi connectivity index (χ2v) is 4.85. The summed E-state index contributed by atoms with van der Waals surface area (Å²) in [7, 11) is 0. The van der Waals surface area contributed by atoms with Gasteiger partial charge in [0.15, 0.2) is 0 Å². The Morgan fingerprint density at radius 1 is 1.39 bits per heavy atom. The van der Waals surface area contributed by atoms with Crippen LogP contribution in [-0.2, 0) is 13.0 Å². The number of aryl methyl sites for hydroxylation is 1. The highest BCUT2D eigenvalue weighted by Gasteiger charge is 2.23. The van der Waals surface area contributed by atoms with E-state index in [-0.39, 0.29) is 11.9 Å². The van der Waals surface area contributed by atoms with Crippen LogP contribution in [0.5, 0.6) is 0 Å².